The second-order valence-electron chi connectivity index (χ2n) is 17.1. The maximum absolute atomic E-state index is 13.5. The van der Waals surface area contributed by atoms with Gasteiger partial charge in [-0.1, -0.05) is 18.1 Å². The second-order valence-corrected chi connectivity index (χ2v) is 17.1. The number of nitrogens with zero attached hydrogens (tertiary/aromatic N) is 6. The molecule has 1 aromatic carbocycles. The summed E-state index contributed by atoms with van der Waals surface area (Å²) >= 11 is 0. The highest BCUT2D eigenvalue weighted by molar-refractivity contribution is 5.94. The Balaban J connectivity index is 0.662. The summed E-state index contributed by atoms with van der Waals surface area (Å²) in [4.78, 5) is 52.5. The maximum Gasteiger partial charge on any atom is 0.338 e. The van der Waals surface area contributed by atoms with Gasteiger partial charge in [0.1, 0.15) is 12.2 Å². The van der Waals surface area contributed by atoms with Crippen molar-refractivity contribution in [2.24, 2.45) is 16.1 Å². The van der Waals surface area contributed by atoms with Crippen molar-refractivity contribution < 1.29 is 52.3 Å². The van der Waals surface area contributed by atoms with Gasteiger partial charge in [-0.15, -0.1) is 5.10 Å². The zero-order valence-electron chi connectivity index (χ0n) is 35.6. The van der Waals surface area contributed by atoms with E-state index < -0.39 is 29.8 Å². The third-order valence-electron chi connectivity index (χ3n) is 12.8. The number of likely N-dealkylation sites (N-methyl/N-ethyl adjacent to an activating group) is 1. The van der Waals surface area contributed by atoms with Crippen LogP contribution in [0.5, 0.6) is 11.5 Å². The molecule has 2 saturated heterocycles. The summed E-state index contributed by atoms with van der Waals surface area (Å²) in [7, 11) is 2.10. The van der Waals surface area contributed by atoms with E-state index in [2.05, 4.69) is 48.4 Å². The van der Waals surface area contributed by atoms with Crippen LogP contribution in [0.3, 0.4) is 0 Å². The largest absolute Gasteiger partial charge is 0.458 e. The third-order valence-corrected chi connectivity index (χ3v) is 12.8. The second kappa shape index (κ2) is 20.1. The number of ether oxygens (including phenoxy) is 7. The quantitative estimate of drug-likeness (QED) is 0.102. The Labute approximate surface area is 360 Å². The number of carbonyl (C=O) groups is 4. The van der Waals surface area contributed by atoms with Gasteiger partial charge in [-0.3, -0.25) is 9.59 Å². The molecular formula is C42H59N9O11. The molecule has 20 nitrogen and oxygen atoms in total. The Kier molecular flexibility index (Phi) is 14.1. The lowest BCUT2D eigenvalue weighted by Gasteiger charge is -2.48. The van der Waals surface area contributed by atoms with E-state index >= 15 is 0 Å². The summed E-state index contributed by atoms with van der Waals surface area (Å²) in [6.07, 6.45) is 7.36. The number of hydrogen-bond donors (Lipinski definition) is 3. The minimum atomic E-state index is -0.862. The minimum absolute atomic E-state index is 0.00312. The van der Waals surface area contributed by atoms with Crippen LogP contribution in [0.4, 0.5) is 4.79 Å². The van der Waals surface area contributed by atoms with Gasteiger partial charge in [-0.05, 0) is 76.2 Å². The van der Waals surface area contributed by atoms with Gasteiger partial charge in [-0.25, -0.2) is 14.3 Å². The van der Waals surface area contributed by atoms with Crippen LogP contribution in [0.25, 0.3) is 0 Å². The van der Waals surface area contributed by atoms with Crippen molar-refractivity contribution in [2.75, 3.05) is 66.6 Å². The molecule has 7 atom stereocenters. The molecule has 1 aromatic heterocycles. The molecule has 3 N–H and O–H groups in total. The summed E-state index contributed by atoms with van der Waals surface area (Å²) in [5.74, 6) is 0.389. The topological polar surface area (TPSA) is 228 Å². The highest BCUT2D eigenvalue weighted by Crippen LogP contribution is 2.51. The normalized spacial score (nSPS) is 26.3. The van der Waals surface area contributed by atoms with Gasteiger partial charge in [0.15, 0.2) is 11.5 Å². The summed E-state index contributed by atoms with van der Waals surface area (Å²) < 4.78 is 41.9. The molecule has 20 heteroatoms. The molecule has 3 amide bonds. The first-order chi connectivity index (χ1) is 30.1. The minimum Gasteiger partial charge on any atom is -0.458 e. The average molecular weight is 866 g/mol. The van der Waals surface area contributed by atoms with Gasteiger partial charge < -0.3 is 54.0 Å². The van der Waals surface area contributed by atoms with Crippen molar-refractivity contribution >= 4 is 23.9 Å². The van der Waals surface area contributed by atoms with E-state index in [9.17, 15) is 19.2 Å². The molecule has 0 radical (unpaired) electrons. The molecule has 0 spiro atoms. The Morgan fingerprint density at radius 3 is 2.53 bits per heavy atom. The van der Waals surface area contributed by atoms with E-state index in [1.54, 1.807) is 10.7 Å². The first kappa shape index (κ1) is 43.7. The lowest BCUT2D eigenvalue weighted by molar-refractivity contribution is -0.164. The van der Waals surface area contributed by atoms with E-state index in [0.29, 0.717) is 95.5 Å². The summed E-state index contributed by atoms with van der Waals surface area (Å²) in [6, 6.07) is 3.95. The van der Waals surface area contributed by atoms with Gasteiger partial charge in [0, 0.05) is 43.6 Å². The van der Waals surface area contributed by atoms with Crippen molar-refractivity contribution in [2.45, 2.75) is 120 Å². The molecule has 1 aliphatic carbocycles. The number of nitrogens with one attached hydrogen (secondary N) is 3. The number of amides is 3. The van der Waals surface area contributed by atoms with Crippen LogP contribution in [0.2, 0.25) is 0 Å². The number of aromatic nitrogens is 3. The summed E-state index contributed by atoms with van der Waals surface area (Å²) in [5, 5.41) is 25.6. The van der Waals surface area contributed by atoms with Crippen LogP contribution in [0.15, 0.2) is 28.6 Å². The SMILES string of the molecule is C[C@H]1NC(=O)N[C@H]1CCCCCC(=O)NCCOCCOCCOCCn1cc(CCC2(CC(=O)O[C@H]3C[C@H]4CCN(C)[C@H]4[C@@H]4c5cc6c(cc5C(=O)O[C@@H]43)OCO6)N=N2)nn1. The average Bonchev–Trinajstić information content (AvgIpc) is 3.62. The zero-order chi connectivity index (χ0) is 43.1. The number of rotatable bonds is 24. The van der Waals surface area contributed by atoms with E-state index in [4.69, 9.17) is 33.2 Å². The predicted octanol–water partition coefficient (Wildman–Crippen LogP) is 2.64. The maximum atomic E-state index is 13.5. The molecule has 6 heterocycles. The van der Waals surface area contributed by atoms with Crippen LogP contribution in [0, 0.1) is 5.92 Å². The molecule has 3 fully saturated rings. The number of likely N-dealkylation sites (tertiary alicyclic amines) is 1. The number of urea groups is 1. The molecular weight excluding hydrogens is 807 g/mol. The highest BCUT2D eigenvalue weighted by Gasteiger charge is 2.56. The molecule has 62 heavy (non-hydrogen) atoms. The van der Waals surface area contributed by atoms with Crippen LogP contribution in [-0.4, -0.2) is 146 Å². The van der Waals surface area contributed by atoms with Gasteiger partial charge in [0.25, 0.3) is 0 Å². The number of aryl methyl sites for hydroxylation is 1. The number of benzene rings is 1. The lowest BCUT2D eigenvalue weighted by Crippen LogP contribution is -2.55. The standard InChI is InChI=1S/C42H59N9O11/c1-26-31(45-41(55)44-26)6-4-3-5-7-35(52)43-11-14-56-16-18-58-19-17-57-15-13-51-24-28(46-49-51)8-10-42(47-48-42)23-36(53)61-34-20-27-9-12-50(2)38(27)37-29-21-32-33(60-25-59-32)22-30(29)40(54)62-39(34)37/h21-22,24,26-27,31,34,37-39H,3-20,23,25H2,1-2H3,(H,43,52)(H2,44,45,55)/t26-,27-,31+,34+,37+,38-,39-/m1/s1. The summed E-state index contributed by atoms with van der Waals surface area (Å²) in [5.41, 5.74) is 1.22. The fourth-order valence-corrected chi connectivity index (χ4v) is 9.46. The van der Waals surface area contributed by atoms with Crippen LogP contribution in [0.1, 0.15) is 92.2 Å². The number of hydrogen-bond acceptors (Lipinski definition) is 16. The molecule has 1 saturated carbocycles. The van der Waals surface area contributed by atoms with E-state index in [0.717, 1.165) is 49.9 Å². The van der Waals surface area contributed by atoms with Crippen molar-refractivity contribution in [3.8, 4) is 11.5 Å². The smallest absolute Gasteiger partial charge is 0.338 e. The monoisotopic (exact) mass is 865 g/mol. The molecule has 0 bridgehead atoms. The van der Waals surface area contributed by atoms with Crippen molar-refractivity contribution in [3.63, 3.8) is 0 Å². The highest BCUT2D eigenvalue weighted by atomic mass is 16.7. The van der Waals surface area contributed by atoms with Crippen molar-refractivity contribution in [3.05, 3.63) is 35.2 Å². The molecule has 8 rings (SSSR count). The van der Waals surface area contributed by atoms with Gasteiger partial charge in [-0.2, -0.15) is 10.2 Å². The van der Waals surface area contributed by atoms with Crippen molar-refractivity contribution in [1.29, 1.82) is 0 Å². The van der Waals surface area contributed by atoms with E-state index in [1.165, 1.54) is 0 Å². The first-order valence-electron chi connectivity index (χ1n) is 22.1. The molecule has 5 aliphatic heterocycles. The Hall–Kier alpha value is -4.92. The van der Waals surface area contributed by atoms with Crippen LogP contribution in [-0.2, 0) is 46.2 Å². The zero-order valence-corrected chi connectivity index (χ0v) is 35.6. The Bertz CT molecular complexity index is 1940. The molecule has 338 valence electrons. The number of esters is 2. The first-order valence-corrected chi connectivity index (χ1v) is 22.1. The van der Waals surface area contributed by atoms with Crippen molar-refractivity contribution in [1.82, 2.24) is 35.8 Å². The molecule has 6 aliphatic rings. The fraction of sp³-hybridized carbons (Fsp3) is 0.714. The summed E-state index contributed by atoms with van der Waals surface area (Å²) in [6.45, 7) is 6.54. The fourth-order valence-electron chi connectivity index (χ4n) is 9.46. The number of carbonyl (C=O) groups excluding carboxylic acids is 4. The van der Waals surface area contributed by atoms with Gasteiger partial charge in [0.2, 0.25) is 18.4 Å². The molecule has 0 unspecified atom stereocenters. The molecule has 2 aromatic rings. The van der Waals surface area contributed by atoms with E-state index in [1.807, 2.05) is 19.2 Å². The van der Waals surface area contributed by atoms with Crippen LogP contribution >= 0.6 is 0 Å². The van der Waals surface area contributed by atoms with Gasteiger partial charge in [0.05, 0.1) is 69.9 Å². The van der Waals surface area contributed by atoms with Crippen LogP contribution < -0.4 is 25.4 Å². The van der Waals surface area contributed by atoms with Gasteiger partial charge >= 0.3 is 18.0 Å². The number of unbranched alkanes of at least 4 members (excludes halogenated alkanes) is 2. The third kappa shape index (κ3) is 10.8. The van der Waals surface area contributed by atoms with E-state index in [-0.39, 0.29) is 55.1 Å². The lowest BCUT2D eigenvalue weighted by atomic mass is 9.69. The Morgan fingerprint density at radius 2 is 1.76 bits per heavy atom. The predicted molar refractivity (Wildman–Crippen MR) is 218 cm³/mol. The Morgan fingerprint density at radius 1 is 0.984 bits per heavy atom. The number of fused-ring (bicyclic) bond motifs is 6.